The fourth-order valence-corrected chi connectivity index (χ4v) is 4.61. The van der Waals surface area contributed by atoms with E-state index in [2.05, 4.69) is 63.9 Å². The first-order valence-corrected chi connectivity index (χ1v) is 12.1. The molecule has 1 aliphatic carbocycles. The molecule has 0 bridgehead atoms. The number of rotatable bonds is 5. The number of halogens is 6. The third-order valence-electron chi connectivity index (χ3n) is 6.94. The molecule has 2 aromatic rings. The van der Waals surface area contributed by atoms with Gasteiger partial charge in [-0.3, -0.25) is 14.8 Å². The van der Waals surface area contributed by atoms with Gasteiger partial charge in [-0.05, 0) is 75.5 Å². The molecule has 0 aromatic carbocycles. The largest absolute Gasteiger partial charge is 0.490 e. The molecule has 2 fully saturated rings. The highest BCUT2D eigenvalue weighted by Crippen LogP contribution is 2.51. The number of hydrogen-bond acceptors (Lipinski definition) is 5. The van der Waals surface area contributed by atoms with Gasteiger partial charge in [0.15, 0.2) is 0 Å². The third kappa shape index (κ3) is 10.2. The molecular formula is C25H32F6N4O4. The number of hydrogen-bond donors (Lipinski definition) is 2. The van der Waals surface area contributed by atoms with Crippen LogP contribution in [0.2, 0.25) is 0 Å². The van der Waals surface area contributed by atoms with Gasteiger partial charge >= 0.3 is 24.3 Å². The molecule has 1 saturated heterocycles. The van der Waals surface area contributed by atoms with Crippen LogP contribution < -0.4 is 0 Å². The van der Waals surface area contributed by atoms with E-state index in [1.165, 1.54) is 50.2 Å². The SMILES string of the molecule is CN(Cc1ccccn1)C1CC2(CCN(Cc3cccn3C)CC2)C1.O=C(O)C(F)(F)F.O=C(O)C(F)(F)F. The second kappa shape index (κ2) is 13.3. The molecule has 0 amide bonds. The summed E-state index contributed by atoms with van der Waals surface area (Å²) < 4.78 is 65.7. The lowest BCUT2D eigenvalue weighted by Gasteiger charge is -2.54. The lowest BCUT2D eigenvalue weighted by molar-refractivity contribution is -0.193. The topological polar surface area (TPSA) is 98.9 Å². The average molecular weight is 567 g/mol. The Balaban J connectivity index is 0.000000317. The van der Waals surface area contributed by atoms with Crippen molar-refractivity contribution in [3.8, 4) is 0 Å². The Kier molecular flexibility index (Phi) is 10.9. The summed E-state index contributed by atoms with van der Waals surface area (Å²) in [7, 11) is 4.41. The number of aromatic nitrogens is 2. The molecule has 0 unspecified atom stereocenters. The molecule has 39 heavy (non-hydrogen) atoms. The van der Waals surface area contributed by atoms with E-state index in [0.717, 1.165) is 19.1 Å². The quantitative estimate of drug-likeness (QED) is 0.512. The number of aryl methyl sites for hydroxylation is 1. The zero-order valence-electron chi connectivity index (χ0n) is 21.5. The molecule has 4 rings (SSSR count). The van der Waals surface area contributed by atoms with Gasteiger partial charge in [0, 0.05) is 44.3 Å². The summed E-state index contributed by atoms with van der Waals surface area (Å²) in [6.07, 6.45) is -0.651. The Morgan fingerprint density at radius 3 is 1.95 bits per heavy atom. The highest BCUT2D eigenvalue weighted by molar-refractivity contribution is 5.73. The van der Waals surface area contributed by atoms with Crippen molar-refractivity contribution in [3.63, 3.8) is 0 Å². The predicted molar refractivity (Wildman–Crippen MR) is 128 cm³/mol. The molecule has 0 radical (unpaired) electrons. The highest BCUT2D eigenvalue weighted by Gasteiger charge is 2.47. The van der Waals surface area contributed by atoms with Gasteiger partial charge in [0.25, 0.3) is 0 Å². The number of pyridine rings is 1. The Bertz CT molecular complexity index is 1030. The van der Waals surface area contributed by atoms with E-state index >= 15 is 0 Å². The summed E-state index contributed by atoms with van der Waals surface area (Å²) in [6, 6.07) is 11.3. The van der Waals surface area contributed by atoms with Crippen LogP contribution in [0.5, 0.6) is 0 Å². The van der Waals surface area contributed by atoms with Gasteiger partial charge in [-0.1, -0.05) is 6.07 Å². The molecule has 8 nitrogen and oxygen atoms in total. The van der Waals surface area contributed by atoms with Gasteiger partial charge in [-0.2, -0.15) is 26.3 Å². The summed E-state index contributed by atoms with van der Waals surface area (Å²) in [6.45, 7) is 4.58. The minimum absolute atomic E-state index is 0.619. The summed E-state index contributed by atoms with van der Waals surface area (Å²) in [4.78, 5) is 27.4. The first-order valence-electron chi connectivity index (χ1n) is 12.1. The zero-order chi connectivity index (χ0) is 29.4. The van der Waals surface area contributed by atoms with Crippen LogP contribution in [0.15, 0.2) is 42.7 Å². The second-order valence-electron chi connectivity index (χ2n) is 9.79. The van der Waals surface area contributed by atoms with Gasteiger partial charge in [-0.25, -0.2) is 9.59 Å². The van der Waals surface area contributed by atoms with Crippen LogP contribution >= 0.6 is 0 Å². The molecule has 14 heteroatoms. The van der Waals surface area contributed by atoms with E-state index in [1.54, 1.807) is 0 Å². The molecule has 3 heterocycles. The number of likely N-dealkylation sites (tertiary alicyclic amines) is 1. The third-order valence-corrected chi connectivity index (χ3v) is 6.94. The number of aliphatic carboxylic acids is 2. The smallest absolute Gasteiger partial charge is 0.475 e. The standard InChI is InChI=1S/C21H30N4.2C2HF3O2/c1-23-11-5-7-19(23)17-25-12-8-21(9-13-25)14-20(15-21)24(2)16-18-6-3-4-10-22-18;2*3-2(4,5)1(6)7/h3-7,10-11,20H,8-9,12-17H2,1-2H3;2*(H,6,7). The number of carboxylic acids is 2. The molecule has 2 aliphatic rings. The Labute approximate surface area is 221 Å². The van der Waals surface area contributed by atoms with E-state index < -0.39 is 24.3 Å². The van der Waals surface area contributed by atoms with Crippen molar-refractivity contribution in [2.24, 2.45) is 12.5 Å². The van der Waals surface area contributed by atoms with Crippen LogP contribution in [0.3, 0.4) is 0 Å². The normalized spacial score (nSPS) is 17.5. The second-order valence-corrected chi connectivity index (χ2v) is 9.79. The molecule has 1 spiro atoms. The maximum Gasteiger partial charge on any atom is 0.490 e. The summed E-state index contributed by atoms with van der Waals surface area (Å²) >= 11 is 0. The van der Waals surface area contributed by atoms with Crippen LogP contribution in [0.25, 0.3) is 0 Å². The summed E-state index contributed by atoms with van der Waals surface area (Å²) in [5, 5.41) is 14.2. The van der Waals surface area contributed by atoms with Crippen LogP contribution in [0, 0.1) is 5.41 Å². The van der Waals surface area contributed by atoms with Crippen molar-refractivity contribution in [3.05, 3.63) is 54.1 Å². The molecule has 1 aliphatic heterocycles. The predicted octanol–water partition coefficient (Wildman–Crippen LogP) is 4.56. The Hall–Kier alpha value is -3.13. The maximum absolute atomic E-state index is 10.6. The van der Waals surface area contributed by atoms with E-state index in [9.17, 15) is 26.3 Å². The van der Waals surface area contributed by atoms with Crippen LogP contribution in [0.4, 0.5) is 26.3 Å². The van der Waals surface area contributed by atoms with Crippen LogP contribution in [-0.4, -0.2) is 80.0 Å². The van der Waals surface area contributed by atoms with Gasteiger partial charge in [-0.15, -0.1) is 0 Å². The molecule has 0 atom stereocenters. The van der Waals surface area contributed by atoms with Crippen molar-refractivity contribution in [1.82, 2.24) is 19.4 Å². The Morgan fingerprint density at radius 2 is 1.54 bits per heavy atom. The fraction of sp³-hybridized carbons (Fsp3) is 0.560. The minimum atomic E-state index is -5.08. The number of carbonyl (C=O) groups is 2. The first kappa shape index (κ1) is 32.1. The monoisotopic (exact) mass is 566 g/mol. The van der Waals surface area contributed by atoms with Crippen molar-refractivity contribution in [2.75, 3.05) is 20.1 Å². The number of carboxylic acid groups (broad SMARTS) is 2. The zero-order valence-corrected chi connectivity index (χ0v) is 21.5. The lowest BCUT2D eigenvalue weighted by atomic mass is 9.60. The van der Waals surface area contributed by atoms with E-state index in [4.69, 9.17) is 19.8 Å². The first-order chi connectivity index (χ1) is 18.0. The average Bonchev–Trinajstić information content (AvgIpc) is 3.22. The number of nitrogens with zero attached hydrogens (tertiary/aromatic N) is 4. The van der Waals surface area contributed by atoms with Crippen molar-refractivity contribution >= 4 is 11.9 Å². The van der Waals surface area contributed by atoms with Crippen LogP contribution in [0.1, 0.15) is 37.1 Å². The number of alkyl halides is 6. The van der Waals surface area contributed by atoms with Gasteiger partial charge in [0.05, 0.1) is 5.69 Å². The van der Waals surface area contributed by atoms with Crippen LogP contribution in [-0.2, 0) is 29.7 Å². The minimum Gasteiger partial charge on any atom is -0.475 e. The molecular weight excluding hydrogens is 534 g/mol. The van der Waals surface area contributed by atoms with Gasteiger partial charge in [0.1, 0.15) is 0 Å². The summed E-state index contributed by atoms with van der Waals surface area (Å²) in [5.74, 6) is -5.51. The molecule has 2 N–H and O–H groups in total. The van der Waals surface area contributed by atoms with Crippen molar-refractivity contribution in [2.45, 2.75) is 57.2 Å². The fourth-order valence-electron chi connectivity index (χ4n) is 4.61. The van der Waals surface area contributed by atoms with E-state index in [1.807, 2.05) is 12.3 Å². The van der Waals surface area contributed by atoms with Crippen molar-refractivity contribution in [1.29, 1.82) is 0 Å². The van der Waals surface area contributed by atoms with Gasteiger partial charge in [0.2, 0.25) is 0 Å². The van der Waals surface area contributed by atoms with E-state index in [-0.39, 0.29) is 0 Å². The maximum atomic E-state index is 10.6. The van der Waals surface area contributed by atoms with E-state index in [0.29, 0.717) is 5.41 Å². The molecule has 1 saturated carbocycles. The summed E-state index contributed by atoms with van der Waals surface area (Å²) in [5.41, 5.74) is 3.23. The molecule has 218 valence electrons. The highest BCUT2D eigenvalue weighted by atomic mass is 19.4. The molecule has 2 aromatic heterocycles. The Morgan fingerprint density at radius 1 is 1.00 bits per heavy atom. The van der Waals surface area contributed by atoms with Gasteiger partial charge < -0.3 is 14.8 Å². The van der Waals surface area contributed by atoms with Crippen molar-refractivity contribution < 1.29 is 46.1 Å². The number of piperidine rings is 1. The lowest BCUT2D eigenvalue weighted by Crippen LogP contribution is -2.53.